The number of likely N-dealkylation sites (tertiary alicyclic amines) is 1. The average molecular weight is 384 g/mol. The van der Waals surface area contributed by atoms with Crippen LogP contribution in [0.3, 0.4) is 0 Å². The average Bonchev–Trinajstić information content (AvgIpc) is 3.10. The maximum absolute atomic E-state index is 12.2. The van der Waals surface area contributed by atoms with Gasteiger partial charge in [0.25, 0.3) is 5.91 Å². The van der Waals surface area contributed by atoms with Crippen LogP contribution in [0.4, 0.5) is 0 Å². The molecular formula is C21H28N4O3. The van der Waals surface area contributed by atoms with Gasteiger partial charge in [-0.3, -0.25) is 9.59 Å². The number of nitrogens with zero attached hydrogens (tertiary/aromatic N) is 3. The summed E-state index contributed by atoms with van der Waals surface area (Å²) in [6.45, 7) is 2.47. The molecule has 1 aliphatic rings. The molecule has 1 N–H and O–H groups in total. The summed E-state index contributed by atoms with van der Waals surface area (Å²) in [6.07, 6.45) is 4.56. The highest BCUT2D eigenvalue weighted by atomic mass is 16.5. The molecule has 28 heavy (non-hydrogen) atoms. The Balaban J connectivity index is 1.65. The van der Waals surface area contributed by atoms with Crippen LogP contribution < -0.4 is 5.32 Å². The molecule has 3 rings (SSSR count). The van der Waals surface area contributed by atoms with E-state index >= 15 is 0 Å². The number of carbonyl (C=O) groups excluding carboxylic acids is 2. The van der Waals surface area contributed by atoms with Crippen molar-refractivity contribution in [1.82, 2.24) is 19.8 Å². The van der Waals surface area contributed by atoms with E-state index in [2.05, 4.69) is 32.8 Å². The van der Waals surface area contributed by atoms with E-state index in [0.717, 1.165) is 43.0 Å². The summed E-state index contributed by atoms with van der Waals surface area (Å²) in [5, 5.41) is 2.72. The van der Waals surface area contributed by atoms with Crippen molar-refractivity contribution in [2.24, 2.45) is 7.05 Å². The van der Waals surface area contributed by atoms with E-state index in [-0.39, 0.29) is 24.8 Å². The van der Waals surface area contributed by atoms with Crippen molar-refractivity contribution < 1.29 is 14.3 Å². The number of rotatable bonds is 6. The first-order valence-corrected chi connectivity index (χ1v) is 9.65. The van der Waals surface area contributed by atoms with Crippen molar-refractivity contribution in [2.45, 2.75) is 25.2 Å². The zero-order valence-electron chi connectivity index (χ0n) is 16.8. The van der Waals surface area contributed by atoms with Gasteiger partial charge in [-0.15, -0.1) is 0 Å². The minimum Gasteiger partial charge on any atom is -0.469 e. The number of methoxy groups -OCH3 is 1. The molecule has 2 heterocycles. The van der Waals surface area contributed by atoms with Crippen LogP contribution in [-0.4, -0.2) is 60.1 Å². The molecule has 1 aliphatic heterocycles. The van der Waals surface area contributed by atoms with Crippen LogP contribution in [-0.2, 0) is 16.6 Å². The molecule has 0 spiro atoms. The van der Waals surface area contributed by atoms with E-state index in [9.17, 15) is 9.59 Å². The molecule has 7 heteroatoms. The fourth-order valence-electron chi connectivity index (χ4n) is 3.51. The van der Waals surface area contributed by atoms with Crippen LogP contribution in [0.15, 0.2) is 30.5 Å². The van der Waals surface area contributed by atoms with Crippen LogP contribution in [0.1, 0.15) is 41.2 Å². The van der Waals surface area contributed by atoms with Crippen molar-refractivity contribution in [3.63, 3.8) is 0 Å². The first-order valence-electron chi connectivity index (χ1n) is 9.65. The number of aryl methyl sites for hydroxylation is 1. The van der Waals surface area contributed by atoms with Gasteiger partial charge in [-0.25, -0.2) is 4.98 Å². The highest BCUT2D eigenvalue weighted by Gasteiger charge is 2.22. The fraction of sp³-hybridized carbons (Fsp3) is 0.476. The smallest absolute Gasteiger partial charge is 0.307 e. The number of ether oxygens (including phenoxy) is 1. The number of benzene rings is 1. The van der Waals surface area contributed by atoms with Crippen LogP contribution in [0.25, 0.3) is 11.4 Å². The Kier molecular flexibility index (Phi) is 6.46. The molecule has 0 atom stereocenters. The van der Waals surface area contributed by atoms with Gasteiger partial charge in [-0.2, -0.15) is 0 Å². The third-order valence-corrected chi connectivity index (χ3v) is 5.28. The zero-order chi connectivity index (χ0) is 20.1. The number of nitrogens with one attached hydrogen (secondary N) is 1. The van der Waals surface area contributed by atoms with Gasteiger partial charge in [0, 0.05) is 36.8 Å². The van der Waals surface area contributed by atoms with Gasteiger partial charge in [0.05, 0.1) is 19.2 Å². The summed E-state index contributed by atoms with van der Waals surface area (Å²) in [4.78, 5) is 30.5. The van der Waals surface area contributed by atoms with Crippen LogP contribution >= 0.6 is 0 Å². The molecular weight excluding hydrogens is 356 g/mol. The largest absolute Gasteiger partial charge is 0.469 e. The van der Waals surface area contributed by atoms with Crippen molar-refractivity contribution in [3.8, 4) is 11.4 Å². The molecule has 0 bridgehead atoms. The second kappa shape index (κ2) is 9.01. The van der Waals surface area contributed by atoms with E-state index in [1.54, 1.807) is 12.1 Å². The quantitative estimate of drug-likeness (QED) is 0.773. The second-order valence-electron chi connectivity index (χ2n) is 7.34. The highest BCUT2D eigenvalue weighted by molar-refractivity contribution is 5.94. The summed E-state index contributed by atoms with van der Waals surface area (Å²) in [5.41, 5.74) is 2.68. The number of carbonyl (C=O) groups is 2. The molecule has 0 aliphatic carbocycles. The number of aromatic nitrogens is 2. The third-order valence-electron chi connectivity index (χ3n) is 5.28. The Morgan fingerprint density at radius 1 is 1.18 bits per heavy atom. The van der Waals surface area contributed by atoms with Crippen LogP contribution in [0, 0.1) is 0 Å². The third kappa shape index (κ3) is 4.78. The molecule has 1 amide bonds. The van der Waals surface area contributed by atoms with Crippen molar-refractivity contribution in [3.05, 3.63) is 41.7 Å². The van der Waals surface area contributed by atoms with Gasteiger partial charge in [0.15, 0.2) is 0 Å². The molecule has 0 unspecified atom stereocenters. The number of hydrogen-bond donors (Lipinski definition) is 1. The molecule has 1 saturated heterocycles. The van der Waals surface area contributed by atoms with E-state index < -0.39 is 0 Å². The lowest BCUT2D eigenvalue weighted by Gasteiger charge is -2.27. The Morgan fingerprint density at radius 3 is 2.50 bits per heavy atom. The van der Waals surface area contributed by atoms with Crippen molar-refractivity contribution in [1.29, 1.82) is 0 Å². The fourth-order valence-corrected chi connectivity index (χ4v) is 3.51. The van der Waals surface area contributed by atoms with Gasteiger partial charge >= 0.3 is 5.97 Å². The molecule has 7 nitrogen and oxygen atoms in total. The van der Waals surface area contributed by atoms with Gasteiger partial charge in [-0.05, 0) is 45.1 Å². The molecule has 1 fully saturated rings. The van der Waals surface area contributed by atoms with Gasteiger partial charge in [0.2, 0.25) is 0 Å². The predicted octanol–water partition coefficient (Wildman–Crippen LogP) is 2.19. The highest BCUT2D eigenvalue weighted by Crippen LogP contribution is 2.29. The summed E-state index contributed by atoms with van der Waals surface area (Å²) < 4.78 is 6.62. The molecule has 1 aromatic carbocycles. The van der Waals surface area contributed by atoms with Crippen molar-refractivity contribution >= 4 is 11.9 Å². The number of amides is 1. The number of imidazole rings is 1. The summed E-state index contributed by atoms with van der Waals surface area (Å²) in [5.74, 6) is 0.871. The van der Waals surface area contributed by atoms with E-state index in [1.165, 1.54) is 7.11 Å². The van der Waals surface area contributed by atoms with Gasteiger partial charge in [-0.1, -0.05) is 12.1 Å². The Bertz CT molecular complexity index is 821. The Hall–Kier alpha value is -2.67. The zero-order valence-corrected chi connectivity index (χ0v) is 16.8. The van der Waals surface area contributed by atoms with Crippen molar-refractivity contribution in [2.75, 3.05) is 33.8 Å². The molecule has 2 aromatic rings. The molecule has 150 valence electrons. The Labute approximate surface area is 165 Å². The lowest BCUT2D eigenvalue weighted by Crippen LogP contribution is -2.29. The standard InChI is InChI=1S/C21H28N4O3/c1-24-12-9-15(10-13-24)18-14-25(2)20(23-18)16-4-6-17(7-5-16)21(27)22-11-8-19(26)28-3/h4-7,14-15H,8-13H2,1-3H3,(H,22,27). The molecule has 0 saturated carbocycles. The second-order valence-corrected chi connectivity index (χ2v) is 7.34. The molecule has 1 aromatic heterocycles. The first kappa shape index (κ1) is 20.1. The van der Waals surface area contributed by atoms with Gasteiger partial charge < -0.3 is 19.5 Å². The lowest BCUT2D eigenvalue weighted by molar-refractivity contribution is -0.140. The summed E-state index contributed by atoms with van der Waals surface area (Å²) in [7, 11) is 5.50. The SMILES string of the molecule is COC(=O)CCNC(=O)c1ccc(-c2nc(C3CCN(C)CC3)cn2C)cc1. The predicted molar refractivity (Wildman–Crippen MR) is 107 cm³/mol. The monoisotopic (exact) mass is 384 g/mol. The Morgan fingerprint density at radius 2 is 1.86 bits per heavy atom. The van der Waals surface area contributed by atoms with Crippen LogP contribution in [0.5, 0.6) is 0 Å². The maximum Gasteiger partial charge on any atom is 0.307 e. The topological polar surface area (TPSA) is 76.5 Å². The maximum atomic E-state index is 12.2. The normalized spacial score (nSPS) is 15.4. The summed E-state index contributed by atoms with van der Waals surface area (Å²) in [6, 6.07) is 7.39. The number of hydrogen-bond acceptors (Lipinski definition) is 5. The van der Waals surface area contributed by atoms with E-state index in [1.807, 2.05) is 19.2 Å². The number of piperidine rings is 1. The number of esters is 1. The first-order chi connectivity index (χ1) is 13.5. The minimum absolute atomic E-state index is 0.160. The lowest BCUT2D eigenvalue weighted by atomic mass is 9.94. The molecule has 0 radical (unpaired) electrons. The van der Waals surface area contributed by atoms with Gasteiger partial charge in [0.1, 0.15) is 5.82 Å². The van der Waals surface area contributed by atoms with E-state index in [4.69, 9.17) is 4.98 Å². The van der Waals surface area contributed by atoms with Crippen LogP contribution in [0.2, 0.25) is 0 Å². The van der Waals surface area contributed by atoms with E-state index in [0.29, 0.717) is 11.5 Å². The minimum atomic E-state index is -0.342. The summed E-state index contributed by atoms with van der Waals surface area (Å²) >= 11 is 0.